The molecule has 0 radical (unpaired) electrons. The fourth-order valence-electron chi connectivity index (χ4n) is 3.61. The summed E-state index contributed by atoms with van der Waals surface area (Å²) in [6.07, 6.45) is 0. The van der Waals surface area contributed by atoms with E-state index in [9.17, 15) is 4.79 Å². The van der Waals surface area contributed by atoms with E-state index in [1.165, 1.54) is 0 Å². The topological polar surface area (TPSA) is 38.8 Å². The lowest BCUT2D eigenvalue weighted by atomic mass is 9.88. The summed E-state index contributed by atoms with van der Waals surface area (Å²) in [4.78, 5) is 15.3. The molecule has 0 amide bonds. The second kappa shape index (κ2) is 10.6. The number of halogens is 1. The van der Waals surface area contributed by atoms with Gasteiger partial charge >= 0.3 is 5.97 Å². The van der Waals surface area contributed by atoms with Gasteiger partial charge in [0.05, 0.1) is 0 Å². The van der Waals surface area contributed by atoms with Crippen molar-refractivity contribution in [3.8, 4) is 11.5 Å². The highest BCUT2D eigenvalue weighted by molar-refractivity contribution is 9.08. The molecule has 4 nitrogen and oxygen atoms in total. The molecule has 0 N–H and O–H groups in total. The van der Waals surface area contributed by atoms with Crippen LogP contribution in [0.3, 0.4) is 0 Å². The van der Waals surface area contributed by atoms with Crippen LogP contribution in [0.15, 0.2) is 48.5 Å². The standard InChI is InChI=1S/C22H27NO3.CH3Br/c1-15(2)23(16(3)4)13-14-25-22(24)21-17-9-5-7-11-19(17)26-20-12-8-6-10-18(20)21;1-2/h5-12,15-16,21H,13-14H2,1-4H3;1H3. The Hall–Kier alpha value is -1.85. The van der Waals surface area contributed by atoms with Gasteiger partial charge in [-0.15, -0.1) is 0 Å². The Bertz CT molecular complexity index is 722. The monoisotopic (exact) mass is 447 g/mol. The second-order valence-electron chi connectivity index (χ2n) is 7.20. The van der Waals surface area contributed by atoms with Gasteiger partial charge in [0, 0.05) is 29.8 Å². The van der Waals surface area contributed by atoms with E-state index in [2.05, 4.69) is 48.5 Å². The maximum absolute atomic E-state index is 12.9. The third-order valence-corrected chi connectivity index (χ3v) is 4.84. The fourth-order valence-corrected chi connectivity index (χ4v) is 3.61. The van der Waals surface area contributed by atoms with Crippen molar-refractivity contribution in [1.29, 1.82) is 0 Å². The maximum Gasteiger partial charge on any atom is 0.318 e. The third-order valence-electron chi connectivity index (χ3n) is 4.84. The van der Waals surface area contributed by atoms with E-state index in [0.717, 1.165) is 29.2 Å². The predicted octanol–water partition coefficient (Wildman–Crippen LogP) is 5.60. The summed E-state index contributed by atoms with van der Waals surface area (Å²) in [6.45, 7) is 9.75. The zero-order chi connectivity index (χ0) is 20.7. The molecule has 5 heteroatoms. The molecule has 2 aromatic rings. The molecule has 0 unspecified atom stereocenters. The summed E-state index contributed by atoms with van der Waals surface area (Å²) in [5.41, 5.74) is 1.72. The molecule has 3 rings (SSSR count). The number of rotatable bonds is 6. The summed E-state index contributed by atoms with van der Waals surface area (Å²) in [7, 11) is 0. The van der Waals surface area contributed by atoms with Gasteiger partial charge < -0.3 is 9.47 Å². The third kappa shape index (κ3) is 5.15. The molecule has 0 atom stereocenters. The number of carbonyl (C=O) groups is 1. The first kappa shape index (κ1) is 22.4. The highest BCUT2D eigenvalue weighted by atomic mass is 79.9. The Morgan fingerprint density at radius 2 is 1.43 bits per heavy atom. The van der Waals surface area contributed by atoms with Crippen molar-refractivity contribution in [2.45, 2.75) is 45.7 Å². The minimum atomic E-state index is -0.442. The Balaban J connectivity index is 0.00000136. The SMILES string of the molecule is CBr.CC(C)N(CCOC(=O)C1c2ccccc2Oc2ccccc21)C(C)C. The molecule has 0 saturated carbocycles. The van der Waals surface area contributed by atoms with Crippen LogP contribution in [0.2, 0.25) is 0 Å². The first-order valence-corrected chi connectivity index (χ1v) is 11.2. The molecule has 1 heterocycles. The lowest BCUT2D eigenvalue weighted by Crippen LogP contribution is -2.39. The zero-order valence-corrected chi connectivity index (χ0v) is 18.9. The molecule has 0 saturated heterocycles. The number of hydrogen-bond donors (Lipinski definition) is 0. The molecule has 2 aromatic carbocycles. The molecule has 0 aromatic heterocycles. The summed E-state index contributed by atoms with van der Waals surface area (Å²) in [5.74, 6) is 2.59. The van der Waals surface area contributed by atoms with Gasteiger partial charge in [-0.05, 0) is 45.7 Å². The molecule has 152 valence electrons. The number of nitrogens with zero attached hydrogens (tertiary/aromatic N) is 1. The van der Waals surface area contributed by atoms with E-state index < -0.39 is 5.92 Å². The van der Waals surface area contributed by atoms with Crippen molar-refractivity contribution in [2.24, 2.45) is 0 Å². The van der Waals surface area contributed by atoms with E-state index in [-0.39, 0.29) is 5.97 Å². The number of benzene rings is 2. The highest BCUT2D eigenvalue weighted by Gasteiger charge is 2.33. The van der Waals surface area contributed by atoms with Crippen LogP contribution in [0.4, 0.5) is 0 Å². The molecule has 0 spiro atoms. The quantitative estimate of drug-likeness (QED) is 0.426. The minimum absolute atomic E-state index is 0.222. The van der Waals surface area contributed by atoms with Gasteiger partial charge in [0.1, 0.15) is 24.0 Å². The van der Waals surface area contributed by atoms with Gasteiger partial charge in [0.2, 0.25) is 0 Å². The molecule has 1 aliphatic heterocycles. The van der Waals surface area contributed by atoms with Crippen LogP contribution in [-0.2, 0) is 9.53 Å². The number of fused-ring (bicyclic) bond motifs is 2. The summed E-state index contributed by atoms with van der Waals surface area (Å²) in [6, 6.07) is 16.2. The molecule has 0 fully saturated rings. The Morgan fingerprint density at radius 3 is 1.89 bits per heavy atom. The lowest BCUT2D eigenvalue weighted by molar-refractivity contribution is -0.145. The molecular formula is C23H30BrNO3. The number of esters is 1. The van der Waals surface area contributed by atoms with E-state index in [4.69, 9.17) is 9.47 Å². The van der Waals surface area contributed by atoms with Gasteiger partial charge in [0.15, 0.2) is 0 Å². The van der Waals surface area contributed by atoms with Crippen molar-refractivity contribution in [3.63, 3.8) is 0 Å². The van der Waals surface area contributed by atoms with Crippen LogP contribution in [0.25, 0.3) is 0 Å². The van der Waals surface area contributed by atoms with Crippen molar-refractivity contribution >= 4 is 21.9 Å². The van der Waals surface area contributed by atoms with Crippen LogP contribution in [0.5, 0.6) is 11.5 Å². The summed E-state index contributed by atoms with van der Waals surface area (Å²) >= 11 is 2.94. The first-order valence-electron chi connectivity index (χ1n) is 9.65. The molecule has 1 aliphatic rings. The van der Waals surface area contributed by atoms with Crippen molar-refractivity contribution in [1.82, 2.24) is 4.90 Å². The van der Waals surface area contributed by atoms with Gasteiger partial charge in [0.25, 0.3) is 0 Å². The molecular weight excluding hydrogens is 418 g/mol. The fraction of sp³-hybridized carbons (Fsp3) is 0.435. The second-order valence-corrected chi connectivity index (χ2v) is 7.20. The lowest BCUT2D eigenvalue weighted by Gasteiger charge is -2.31. The molecule has 0 aliphatic carbocycles. The Morgan fingerprint density at radius 1 is 0.964 bits per heavy atom. The van der Waals surface area contributed by atoms with E-state index in [1.807, 2.05) is 54.4 Å². The van der Waals surface area contributed by atoms with Gasteiger partial charge in [-0.3, -0.25) is 9.69 Å². The largest absolute Gasteiger partial charge is 0.464 e. The van der Waals surface area contributed by atoms with E-state index >= 15 is 0 Å². The van der Waals surface area contributed by atoms with Crippen molar-refractivity contribution in [2.75, 3.05) is 19.0 Å². The van der Waals surface area contributed by atoms with Crippen molar-refractivity contribution in [3.05, 3.63) is 59.7 Å². The van der Waals surface area contributed by atoms with E-state index in [0.29, 0.717) is 18.7 Å². The van der Waals surface area contributed by atoms with Crippen LogP contribution in [0, 0.1) is 0 Å². The number of carbonyl (C=O) groups excluding carboxylic acids is 1. The zero-order valence-electron chi connectivity index (χ0n) is 17.3. The van der Waals surface area contributed by atoms with Crippen LogP contribution < -0.4 is 4.74 Å². The maximum atomic E-state index is 12.9. The summed E-state index contributed by atoms with van der Waals surface area (Å²) < 4.78 is 11.6. The smallest absolute Gasteiger partial charge is 0.318 e. The first-order chi connectivity index (χ1) is 13.5. The number of para-hydroxylation sites is 2. The van der Waals surface area contributed by atoms with Crippen LogP contribution in [-0.4, -0.2) is 41.9 Å². The average Bonchev–Trinajstić information content (AvgIpc) is 2.70. The van der Waals surface area contributed by atoms with E-state index in [1.54, 1.807) is 0 Å². The number of ether oxygens (including phenoxy) is 2. The molecule has 28 heavy (non-hydrogen) atoms. The van der Waals surface area contributed by atoms with Crippen LogP contribution in [0.1, 0.15) is 44.7 Å². The number of alkyl halides is 1. The minimum Gasteiger partial charge on any atom is -0.464 e. The Kier molecular flexibility index (Phi) is 8.52. The van der Waals surface area contributed by atoms with Gasteiger partial charge in [-0.2, -0.15) is 0 Å². The average molecular weight is 448 g/mol. The number of hydrogen-bond acceptors (Lipinski definition) is 4. The highest BCUT2D eigenvalue weighted by Crippen LogP contribution is 2.44. The predicted molar refractivity (Wildman–Crippen MR) is 118 cm³/mol. The summed E-state index contributed by atoms with van der Waals surface area (Å²) in [5, 5.41) is 0. The Labute approximate surface area is 177 Å². The van der Waals surface area contributed by atoms with Crippen molar-refractivity contribution < 1.29 is 14.3 Å². The van der Waals surface area contributed by atoms with Gasteiger partial charge in [-0.1, -0.05) is 52.3 Å². The van der Waals surface area contributed by atoms with Gasteiger partial charge in [-0.25, -0.2) is 0 Å². The molecule has 0 bridgehead atoms. The van der Waals surface area contributed by atoms with Crippen LogP contribution >= 0.6 is 15.9 Å². The normalized spacial score (nSPS) is 12.8.